The minimum absolute atomic E-state index is 0.0517. The van der Waals surface area contributed by atoms with Gasteiger partial charge in [0.2, 0.25) is 5.91 Å². The first-order chi connectivity index (χ1) is 10.5. The molecule has 2 N–H and O–H groups in total. The first kappa shape index (κ1) is 14.2. The van der Waals surface area contributed by atoms with E-state index in [9.17, 15) is 24.8 Å². The van der Waals surface area contributed by atoms with Crippen molar-refractivity contribution in [2.45, 2.75) is 6.42 Å². The molecule has 1 fully saturated rings. The van der Waals surface area contributed by atoms with Crippen LogP contribution < -0.4 is 5.32 Å². The van der Waals surface area contributed by atoms with Gasteiger partial charge >= 0.3 is 5.97 Å². The van der Waals surface area contributed by atoms with Crippen LogP contribution in [0.3, 0.4) is 0 Å². The van der Waals surface area contributed by atoms with Crippen LogP contribution in [0.1, 0.15) is 6.42 Å². The van der Waals surface area contributed by atoms with Gasteiger partial charge in [-0.15, -0.1) is 0 Å². The predicted octanol–water partition coefficient (Wildman–Crippen LogP) is 2.06. The van der Waals surface area contributed by atoms with Gasteiger partial charge in [0, 0.05) is 17.8 Å². The normalized spacial score (nSPS) is 28.5. The molecule has 1 aromatic carbocycles. The second kappa shape index (κ2) is 5.25. The number of anilines is 1. The molecule has 22 heavy (non-hydrogen) atoms. The van der Waals surface area contributed by atoms with Crippen LogP contribution in [-0.2, 0) is 9.59 Å². The van der Waals surface area contributed by atoms with E-state index in [1.807, 2.05) is 12.2 Å². The summed E-state index contributed by atoms with van der Waals surface area (Å²) in [5.74, 6) is -2.74. The highest BCUT2D eigenvalue weighted by atomic mass is 16.6. The Hall–Kier alpha value is -2.70. The van der Waals surface area contributed by atoms with E-state index in [0.29, 0.717) is 12.1 Å². The minimum atomic E-state index is -0.958. The first-order valence-electron chi connectivity index (χ1n) is 6.94. The Morgan fingerprint density at radius 2 is 1.73 bits per heavy atom. The Bertz CT molecular complexity index is 667. The largest absolute Gasteiger partial charge is 0.481 e. The molecule has 0 saturated heterocycles. The molecule has 0 heterocycles. The van der Waals surface area contributed by atoms with Crippen LogP contribution in [-0.4, -0.2) is 21.9 Å². The molecule has 1 amide bonds. The Balaban J connectivity index is 1.75. The average molecular weight is 302 g/mol. The van der Waals surface area contributed by atoms with E-state index >= 15 is 0 Å². The van der Waals surface area contributed by atoms with E-state index in [0.717, 1.165) is 0 Å². The summed E-state index contributed by atoms with van der Waals surface area (Å²) in [6.07, 6.45) is 4.47. The standard InChI is InChI=1S/C15H14N2O5/c18-14(16-10-3-5-11(6-4-10)17(21)22)12-8-1-2-9(7-8)13(12)15(19)20/h1-6,8-9,12-13H,7H2,(H,16,18)(H,19,20)/t8-,9+,12-,13-/m0/s1. The number of fused-ring (bicyclic) bond motifs is 2. The summed E-state index contributed by atoms with van der Waals surface area (Å²) < 4.78 is 0. The number of nitrogens with one attached hydrogen (secondary N) is 1. The lowest BCUT2D eigenvalue weighted by Gasteiger charge is -2.23. The quantitative estimate of drug-likeness (QED) is 0.502. The van der Waals surface area contributed by atoms with Gasteiger partial charge in [0.1, 0.15) is 0 Å². The maximum absolute atomic E-state index is 12.4. The Kier molecular flexibility index (Phi) is 3.40. The molecule has 7 heteroatoms. The number of nitrogens with zero attached hydrogens (tertiary/aromatic N) is 1. The molecule has 0 spiro atoms. The van der Waals surface area contributed by atoms with Gasteiger partial charge in [0.25, 0.3) is 5.69 Å². The number of rotatable bonds is 4. The van der Waals surface area contributed by atoms with Crippen molar-refractivity contribution in [1.82, 2.24) is 0 Å². The van der Waals surface area contributed by atoms with Crippen molar-refractivity contribution in [3.63, 3.8) is 0 Å². The lowest BCUT2D eigenvalue weighted by atomic mass is 9.82. The zero-order chi connectivity index (χ0) is 15.9. The fourth-order valence-electron chi connectivity index (χ4n) is 3.41. The summed E-state index contributed by atoms with van der Waals surface area (Å²) in [6.45, 7) is 0. The molecular formula is C15H14N2O5. The van der Waals surface area contributed by atoms with Crippen LogP contribution in [0.5, 0.6) is 0 Å². The van der Waals surface area contributed by atoms with E-state index in [-0.39, 0.29) is 23.4 Å². The number of nitro benzene ring substituents is 1. The van der Waals surface area contributed by atoms with Gasteiger partial charge in [-0.05, 0) is 30.4 Å². The number of aliphatic carboxylic acids is 1. The molecular weight excluding hydrogens is 288 g/mol. The molecule has 1 aromatic rings. The van der Waals surface area contributed by atoms with Crippen molar-refractivity contribution in [1.29, 1.82) is 0 Å². The molecule has 1 saturated carbocycles. The highest BCUT2D eigenvalue weighted by Crippen LogP contribution is 2.48. The zero-order valence-electron chi connectivity index (χ0n) is 11.5. The fraction of sp³-hybridized carbons (Fsp3) is 0.333. The average Bonchev–Trinajstić information content (AvgIpc) is 3.08. The second-order valence-electron chi connectivity index (χ2n) is 5.63. The monoisotopic (exact) mass is 302 g/mol. The predicted molar refractivity (Wildman–Crippen MR) is 77.1 cm³/mol. The first-order valence-corrected chi connectivity index (χ1v) is 6.94. The molecule has 0 unspecified atom stereocenters. The SMILES string of the molecule is O=C(O)[C@@H]1[C@@H](C(=O)Nc2ccc([N+](=O)[O-])cc2)[C@H]2C=C[C@@H]1C2. The van der Waals surface area contributed by atoms with Crippen LogP contribution in [0, 0.1) is 33.8 Å². The van der Waals surface area contributed by atoms with Crippen LogP contribution in [0.4, 0.5) is 11.4 Å². The number of carboxylic acid groups (broad SMARTS) is 1. The fourth-order valence-corrected chi connectivity index (χ4v) is 3.41. The van der Waals surface area contributed by atoms with Crippen molar-refractivity contribution in [2.24, 2.45) is 23.7 Å². The molecule has 3 rings (SSSR count). The number of hydrogen-bond donors (Lipinski definition) is 2. The molecule has 2 aliphatic carbocycles. The number of allylic oxidation sites excluding steroid dienone is 2. The minimum Gasteiger partial charge on any atom is -0.481 e. The van der Waals surface area contributed by atoms with Crippen molar-refractivity contribution in [3.8, 4) is 0 Å². The van der Waals surface area contributed by atoms with Gasteiger partial charge in [0.15, 0.2) is 0 Å². The number of carboxylic acids is 1. The van der Waals surface area contributed by atoms with E-state index in [4.69, 9.17) is 0 Å². The Labute approximate surface area is 125 Å². The highest BCUT2D eigenvalue weighted by Gasteiger charge is 2.51. The third kappa shape index (κ3) is 2.34. The Morgan fingerprint density at radius 3 is 2.27 bits per heavy atom. The molecule has 0 aliphatic heterocycles. The van der Waals surface area contributed by atoms with E-state index in [1.165, 1.54) is 24.3 Å². The topological polar surface area (TPSA) is 110 Å². The van der Waals surface area contributed by atoms with Crippen LogP contribution in [0.2, 0.25) is 0 Å². The van der Waals surface area contributed by atoms with Gasteiger partial charge in [0.05, 0.1) is 16.8 Å². The second-order valence-corrected chi connectivity index (χ2v) is 5.63. The smallest absolute Gasteiger partial charge is 0.307 e. The maximum atomic E-state index is 12.4. The van der Waals surface area contributed by atoms with Crippen molar-refractivity contribution < 1.29 is 19.6 Å². The number of non-ortho nitro benzene ring substituents is 1. The number of nitro groups is 1. The zero-order valence-corrected chi connectivity index (χ0v) is 11.5. The number of carbonyl (C=O) groups excluding carboxylic acids is 1. The number of carbonyl (C=O) groups is 2. The van der Waals surface area contributed by atoms with E-state index in [1.54, 1.807) is 0 Å². The summed E-state index contributed by atoms with van der Waals surface area (Å²) in [5, 5.41) is 22.6. The van der Waals surface area contributed by atoms with E-state index < -0.39 is 22.7 Å². The highest BCUT2D eigenvalue weighted by molar-refractivity contribution is 5.96. The van der Waals surface area contributed by atoms with Crippen LogP contribution >= 0.6 is 0 Å². The van der Waals surface area contributed by atoms with Gasteiger partial charge < -0.3 is 10.4 Å². The van der Waals surface area contributed by atoms with Gasteiger partial charge in [-0.1, -0.05) is 12.2 Å². The summed E-state index contributed by atoms with van der Waals surface area (Å²) in [5.41, 5.74) is 0.357. The molecule has 114 valence electrons. The van der Waals surface area contributed by atoms with E-state index in [2.05, 4.69) is 5.32 Å². The summed E-state index contributed by atoms with van der Waals surface area (Å²) in [6, 6.07) is 5.47. The van der Waals surface area contributed by atoms with Crippen molar-refractivity contribution in [3.05, 3.63) is 46.5 Å². The lowest BCUT2D eigenvalue weighted by molar-refractivity contribution is -0.384. The number of amides is 1. The maximum Gasteiger partial charge on any atom is 0.307 e. The molecule has 4 atom stereocenters. The molecule has 7 nitrogen and oxygen atoms in total. The third-order valence-corrected chi connectivity index (χ3v) is 4.39. The number of hydrogen-bond acceptors (Lipinski definition) is 4. The summed E-state index contributed by atoms with van der Waals surface area (Å²) in [7, 11) is 0. The Morgan fingerprint density at radius 1 is 1.14 bits per heavy atom. The lowest BCUT2D eigenvalue weighted by Crippen LogP contribution is -2.36. The van der Waals surface area contributed by atoms with Gasteiger partial charge in [-0.3, -0.25) is 19.7 Å². The van der Waals surface area contributed by atoms with Crippen LogP contribution in [0.25, 0.3) is 0 Å². The third-order valence-electron chi connectivity index (χ3n) is 4.39. The van der Waals surface area contributed by atoms with Crippen molar-refractivity contribution >= 4 is 23.3 Å². The van der Waals surface area contributed by atoms with Gasteiger partial charge in [-0.2, -0.15) is 0 Å². The molecule has 0 aromatic heterocycles. The number of benzene rings is 1. The van der Waals surface area contributed by atoms with Crippen molar-refractivity contribution in [2.75, 3.05) is 5.32 Å². The van der Waals surface area contributed by atoms with Crippen LogP contribution in [0.15, 0.2) is 36.4 Å². The molecule has 0 radical (unpaired) electrons. The summed E-state index contributed by atoms with van der Waals surface area (Å²) in [4.78, 5) is 33.9. The molecule has 2 bridgehead atoms. The molecule has 2 aliphatic rings. The van der Waals surface area contributed by atoms with Gasteiger partial charge in [-0.25, -0.2) is 0 Å². The summed E-state index contributed by atoms with van der Waals surface area (Å²) >= 11 is 0.